The second-order valence-corrected chi connectivity index (χ2v) is 7.08. The van der Waals surface area contributed by atoms with Crippen molar-refractivity contribution in [3.63, 3.8) is 0 Å². The summed E-state index contributed by atoms with van der Waals surface area (Å²) in [6, 6.07) is 19.3. The molecule has 0 saturated heterocycles. The molecule has 0 atom stereocenters. The minimum absolute atomic E-state index is 0.0587. The SMILES string of the molecule is CCOc1ccc(-n2c(C)cc(/C=C(/C#N)C(=O)Nc3cccc(C)c3)c2C)cc1. The maximum atomic E-state index is 12.6. The first kappa shape index (κ1) is 20.9. The van der Waals surface area contributed by atoms with Crippen molar-refractivity contribution in [2.45, 2.75) is 27.7 Å². The lowest BCUT2D eigenvalue weighted by molar-refractivity contribution is -0.112. The Morgan fingerprint density at radius 3 is 2.50 bits per heavy atom. The van der Waals surface area contributed by atoms with Gasteiger partial charge in [-0.3, -0.25) is 4.79 Å². The van der Waals surface area contributed by atoms with Gasteiger partial charge in [-0.2, -0.15) is 5.26 Å². The van der Waals surface area contributed by atoms with Gasteiger partial charge in [-0.1, -0.05) is 12.1 Å². The van der Waals surface area contributed by atoms with Gasteiger partial charge in [-0.25, -0.2) is 0 Å². The number of nitrogens with one attached hydrogen (secondary N) is 1. The fraction of sp³-hybridized carbons (Fsp3) is 0.200. The monoisotopic (exact) mass is 399 g/mol. The molecule has 1 amide bonds. The van der Waals surface area contributed by atoms with Crippen molar-refractivity contribution < 1.29 is 9.53 Å². The molecule has 0 fully saturated rings. The van der Waals surface area contributed by atoms with Crippen LogP contribution in [0.1, 0.15) is 29.4 Å². The first-order valence-corrected chi connectivity index (χ1v) is 9.85. The molecule has 1 aromatic heterocycles. The largest absolute Gasteiger partial charge is 0.494 e. The second-order valence-electron chi connectivity index (χ2n) is 7.08. The van der Waals surface area contributed by atoms with Crippen LogP contribution < -0.4 is 10.1 Å². The van der Waals surface area contributed by atoms with Crippen molar-refractivity contribution in [1.29, 1.82) is 5.26 Å². The van der Waals surface area contributed by atoms with Gasteiger partial charge in [0.15, 0.2) is 0 Å². The van der Waals surface area contributed by atoms with Gasteiger partial charge in [-0.15, -0.1) is 0 Å². The minimum atomic E-state index is -0.422. The van der Waals surface area contributed by atoms with Gasteiger partial charge in [0.1, 0.15) is 17.4 Å². The van der Waals surface area contributed by atoms with E-state index < -0.39 is 5.91 Å². The van der Waals surface area contributed by atoms with Gasteiger partial charge in [0.2, 0.25) is 0 Å². The van der Waals surface area contributed by atoms with Crippen LogP contribution in [0.3, 0.4) is 0 Å². The number of hydrogen-bond acceptors (Lipinski definition) is 3. The number of benzene rings is 2. The van der Waals surface area contributed by atoms with Crippen molar-refractivity contribution in [3.8, 4) is 17.5 Å². The summed E-state index contributed by atoms with van der Waals surface area (Å²) >= 11 is 0. The Bertz CT molecular complexity index is 1130. The average molecular weight is 399 g/mol. The molecule has 5 heteroatoms. The van der Waals surface area contributed by atoms with Crippen molar-refractivity contribution >= 4 is 17.7 Å². The van der Waals surface area contributed by atoms with Gasteiger partial charge in [0, 0.05) is 22.8 Å². The molecular formula is C25H25N3O2. The number of hydrogen-bond donors (Lipinski definition) is 1. The molecule has 0 unspecified atom stereocenters. The Morgan fingerprint density at radius 2 is 1.87 bits per heavy atom. The summed E-state index contributed by atoms with van der Waals surface area (Å²) in [5.74, 6) is 0.400. The average Bonchev–Trinajstić information content (AvgIpc) is 3.00. The molecule has 0 radical (unpaired) electrons. The molecule has 0 aliphatic carbocycles. The lowest BCUT2D eigenvalue weighted by Crippen LogP contribution is -2.13. The van der Waals surface area contributed by atoms with E-state index in [0.29, 0.717) is 12.3 Å². The number of nitriles is 1. The lowest BCUT2D eigenvalue weighted by Gasteiger charge is -2.11. The van der Waals surface area contributed by atoms with E-state index in [2.05, 4.69) is 9.88 Å². The van der Waals surface area contributed by atoms with E-state index in [1.54, 1.807) is 12.1 Å². The summed E-state index contributed by atoms with van der Waals surface area (Å²) in [5, 5.41) is 12.3. The van der Waals surface area contributed by atoms with Crippen molar-refractivity contribution in [2.24, 2.45) is 0 Å². The predicted octanol–water partition coefficient (Wildman–Crippen LogP) is 5.35. The van der Waals surface area contributed by atoms with Crippen molar-refractivity contribution in [2.75, 3.05) is 11.9 Å². The Labute approximate surface area is 177 Å². The zero-order chi connectivity index (χ0) is 21.7. The number of carbonyl (C=O) groups excluding carboxylic acids is 1. The quantitative estimate of drug-likeness (QED) is 0.449. The van der Waals surface area contributed by atoms with Crippen LogP contribution in [-0.4, -0.2) is 17.1 Å². The molecule has 3 rings (SSSR count). The van der Waals surface area contributed by atoms with Crippen LogP contribution >= 0.6 is 0 Å². The normalized spacial score (nSPS) is 11.1. The lowest BCUT2D eigenvalue weighted by atomic mass is 10.1. The third kappa shape index (κ3) is 4.61. The molecule has 152 valence electrons. The third-order valence-electron chi connectivity index (χ3n) is 4.82. The van der Waals surface area contributed by atoms with Crippen LogP contribution in [-0.2, 0) is 4.79 Å². The van der Waals surface area contributed by atoms with Gasteiger partial charge in [0.25, 0.3) is 5.91 Å². The van der Waals surface area contributed by atoms with E-state index in [-0.39, 0.29) is 5.57 Å². The number of rotatable bonds is 6. The first-order chi connectivity index (χ1) is 14.4. The van der Waals surface area contributed by atoms with E-state index in [9.17, 15) is 10.1 Å². The summed E-state index contributed by atoms with van der Waals surface area (Å²) in [7, 11) is 0. The van der Waals surface area contributed by atoms with Crippen LogP contribution in [0.15, 0.2) is 60.2 Å². The molecular weight excluding hydrogens is 374 g/mol. The Hall–Kier alpha value is -3.78. The summed E-state index contributed by atoms with van der Waals surface area (Å²) in [6.07, 6.45) is 1.64. The molecule has 30 heavy (non-hydrogen) atoms. The number of ether oxygens (including phenoxy) is 1. The van der Waals surface area contributed by atoms with E-state index in [0.717, 1.165) is 34.0 Å². The predicted molar refractivity (Wildman–Crippen MR) is 120 cm³/mol. The summed E-state index contributed by atoms with van der Waals surface area (Å²) in [4.78, 5) is 12.6. The summed E-state index contributed by atoms with van der Waals surface area (Å²) in [6.45, 7) is 8.50. The number of aryl methyl sites for hydroxylation is 2. The number of nitrogens with zero attached hydrogens (tertiary/aromatic N) is 2. The first-order valence-electron chi connectivity index (χ1n) is 9.85. The Balaban J connectivity index is 1.89. The third-order valence-corrected chi connectivity index (χ3v) is 4.82. The number of anilines is 1. The second kappa shape index (κ2) is 9.15. The molecule has 0 saturated carbocycles. The van der Waals surface area contributed by atoms with E-state index >= 15 is 0 Å². The Kier molecular flexibility index (Phi) is 6.38. The highest BCUT2D eigenvalue weighted by molar-refractivity contribution is 6.09. The standard InChI is InChI=1S/C25H25N3O2/c1-5-30-24-11-9-23(10-12-24)28-18(3)14-20(19(28)4)15-21(16-26)25(29)27-22-8-6-7-17(2)13-22/h6-15H,5H2,1-4H3,(H,27,29)/b21-15-. The van der Waals surface area contributed by atoms with Gasteiger partial charge < -0.3 is 14.6 Å². The summed E-state index contributed by atoms with van der Waals surface area (Å²) < 4.78 is 7.61. The van der Waals surface area contributed by atoms with Crippen LogP contribution in [0.25, 0.3) is 11.8 Å². The zero-order valence-corrected chi connectivity index (χ0v) is 17.7. The molecule has 0 aliphatic rings. The van der Waals surface area contributed by atoms with Crippen LogP contribution in [0.2, 0.25) is 0 Å². The molecule has 3 aromatic rings. The van der Waals surface area contributed by atoms with Crippen molar-refractivity contribution in [1.82, 2.24) is 4.57 Å². The van der Waals surface area contributed by atoms with Crippen LogP contribution in [0.5, 0.6) is 5.75 Å². The topological polar surface area (TPSA) is 67.0 Å². The summed E-state index contributed by atoms with van der Waals surface area (Å²) in [5.41, 5.74) is 5.55. The zero-order valence-electron chi connectivity index (χ0n) is 17.7. The molecule has 1 heterocycles. The number of aromatic nitrogens is 1. The Morgan fingerprint density at radius 1 is 1.13 bits per heavy atom. The highest BCUT2D eigenvalue weighted by atomic mass is 16.5. The molecule has 5 nitrogen and oxygen atoms in total. The highest BCUT2D eigenvalue weighted by Crippen LogP contribution is 2.24. The maximum absolute atomic E-state index is 12.6. The van der Waals surface area contributed by atoms with E-state index in [1.807, 2.05) is 82.3 Å². The van der Waals surface area contributed by atoms with Gasteiger partial charge in [-0.05, 0) is 87.4 Å². The fourth-order valence-electron chi connectivity index (χ4n) is 3.41. The molecule has 0 bridgehead atoms. The van der Waals surface area contributed by atoms with Crippen molar-refractivity contribution in [3.05, 3.63) is 82.7 Å². The molecule has 1 N–H and O–H groups in total. The van der Waals surface area contributed by atoms with Gasteiger partial charge >= 0.3 is 0 Å². The molecule has 2 aromatic carbocycles. The maximum Gasteiger partial charge on any atom is 0.266 e. The van der Waals surface area contributed by atoms with Crippen LogP contribution in [0.4, 0.5) is 5.69 Å². The van der Waals surface area contributed by atoms with E-state index in [4.69, 9.17) is 4.74 Å². The van der Waals surface area contributed by atoms with Gasteiger partial charge in [0.05, 0.1) is 6.61 Å². The van der Waals surface area contributed by atoms with E-state index in [1.165, 1.54) is 0 Å². The minimum Gasteiger partial charge on any atom is -0.494 e. The molecule has 0 spiro atoms. The molecule has 0 aliphatic heterocycles. The smallest absolute Gasteiger partial charge is 0.266 e. The highest BCUT2D eigenvalue weighted by Gasteiger charge is 2.14. The number of amides is 1. The number of carbonyl (C=O) groups is 1. The fourth-order valence-corrected chi connectivity index (χ4v) is 3.41. The van der Waals surface area contributed by atoms with Crippen LogP contribution in [0, 0.1) is 32.1 Å².